The SMILES string of the molecule is C#Cc1c(F)ccc2cc(N)cc(-c3nc4c5c(nc(OC[C@@]67CCCN6C[C@H](F)C7)nc5c3C)N3CC(F)CCC[C@H]3CO4)c12. The van der Waals surface area contributed by atoms with Crippen LogP contribution in [0.2, 0.25) is 0 Å². The third-order valence-electron chi connectivity index (χ3n) is 10.3. The average Bonchev–Trinajstić information content (AvgIpc) is 3.43. The number of nitrogens with zero attached hydrogens (tertiary/aromatic N) is 5. The van der Waals surface area contributed by atoms with Gasteiger partial charge in [0.2, 0.25) is 5.88 Å². The maximum absolute atomic E-state index is 15.1. The molecular formula is C35H35F3N6O2. The lowest BCUT2D eigenvalue weighted by Gasteiger charge is -2.31. The second-order valence-corrected chi connectivity index (χ2v) is 13.2. The van der Waals surface area contributed by atoms with Crippen molar-refractivity contribution >= 4 is 33.2 Å². The number of alkyl halides is 2. The molecule has 11 heteroatoms. The molecule has 46 heavy (non-hydrogen) atoms. The molecule has 4 aliphatic heterocycles. The van der Waals surface area contributed by atoms with Gasteiger partial charge < -0.3 is 20.1 Å². The van der Waals surface area contributed by atoms with Crippen LogP contribution in [0.1, 0.15) is 49.7 Å². The Kier molecular flexibility index (Phi) is 6.90. The van der Waals surface area contributed by atoms with Gasteiger partial charge in [0.05, 0.1) is 34.9 Å². The van der Waals surface area contributed by atoms with Crippen LogP contribution in [0.25, 0.3) is 32.9 Å². The van der Waals surface area contributed by atoms with Gasteiger partial charge in [0.25, 0.3) is 0 Å². The first kappa shape index (κ1) is 29.1. The molecule has 3 saturated heterocycles. The van der Waals surface area contributed by atoms with Crippen LogP contribution in [0.3, 0.4) is 0 Å². The Morgan fingerprint density at radius 1 is 1.11 bits per heavy atom. The van der Waals surface area contributed by atoms with E-state index >= 15 is 8.78 Å². The summed E-state index contributed by atoms with van der Waals surface area (Å²) in [5.74, 6) is 2.79. The minimum absolute atomic E-state index is 0.110. The third kappa shape index (κ3) is 4.60. The Balaban J connectivity index is 1.34. The van der Waals surface area contributed by atoms with E-state index in [-0.39, 0.29) is 37.4 Å². The number of nitrogen functional groups attached to an aromatic ring is 1. The van der Waals surface area contributed by atoms with Crippen LogP contribution >= 0.6 is 0 Å². The summed E-state index contributed by atoms with van der Waals surface area (Å²) in [7, 11) is 0. The van der Waals surface area contributed by atoms with Gasteiger partial charge >= 0.3 is 6.01 Å². The zero-order valence-corrected chi connectivity index (χ0v) is 25.7. The normalized spacial score (nSPS) is 25.9. The molecule has 3 fully saturated rings. The van der Waals surface area contributed by atoms with Crippen molar-refractivity contribution in [2.45, 2.75) is 69.4 Å². The molecular weight excluding hydrogens is 593 g/mol. The van der Waals surface area contributed by atoms with Gasteiger partial charge in [-0.2, -0.15) is 9.97 Å². The number of rotatable bonds is 4. The fourth-order valence-corrected chi connectivity index (χ4v) is 8.12. The number of terminal acetylenes is 1. The van der Waals surface area contributed by atoms with Crippen LogP contribution in [-0.4, -0.2) is 76.6 Å². The molecule has 6 heterocycles. The van der Waals surface area contributed by atoms with Crippen molar-refractivity contribution in [1.82, 2.24) is 19.9 Å². The van der Waals surface area contributed by atoms with Crippen molar-refractivity contribution in [3.05, 3.63) is 41.2 Å². The van der Waals surface area contributed by atoms with E-state index in [0.717, 1.165) is 32.2 Å². The molecule has 2 N–H and O–H groups in total. The number of benzene rings is 2. The van der Waals surface area contributed by atoms with Crippen LogP contribution in [0.4, 0.5) is 24.7 Å². The monoisotopic (exact) mass is 628 g/mol. The molecule has 8 rings (SSSR count). The second-order valence-electron chi connectivity index (χ2n) is 13.2. The van der Waals surface area contributed by atoms with Crippen molar-refractivity contribution in [2.24, 2.45) is 0 Å². The first-order chi connectivity index (χ1) is 22.2. The van der Waals surface area contributed by atoms with Crippen LogP contribution in [0.5, 0.6) is 11.9 Å². The molecule has 4 atom stereocenters. The molecule has 238 valence electrons. The van der Waals surface area contributed by atoms with E-state index in [0.29, 0.717) is 75.3 Å². The standard InChI is InChI=1S/C35H35F3N6O2/c1-3-25-27(38)9-8-20-12-23(39)13-26(28(20)25)30-19(2)31-29-32(44-16-21(36)6-4-7-24(44)17-45-33(29)40-30)42-34(41-31)46-18-35-10-5-11-43(35)15-22(37)14-35/h1,8-9,12-13,21-22,24H,4-7,10-11,14-18,39H2,2H3/t21?,22-,24+,35+/m1/s1. The topological polar surface area (TPSA) is 89.6 Å². The minimum Gasteiger partial charge on any atom is -0.475 e. The average molecular weight is 629 g/mol. The lowest BCUT2D eigenvalue weighted by Crippen LogP contribution is -2.43. The molecule has 4 aromatic rings. The molecule has 1 unspecified atom stereocenters. The van der Waals surface area contributed by atoms with E-state index in [1.54, 1.807) is 18.2 Å². The number of fused-ring (bicyclic) bond motifs is 4. The first-order valence-corrected chi connectivity index (χ1v) is 16.0. The first-order valence-electron chi connectivity index (χ1n) is 16.0. The minimum atomic E-state index is -1.03. The second kappa shape index (κ2) is 10.9. The van der Waals surface area contributed by atoms with E-state index in [2.05, 4.69) is 10.8 Å². The lowest BCUT2D eigenvalue weighted by atomic mass is 9.94. The summed E-state index contributed by atoms with van der Waals surface area (Å²) >= 11 is 0. The molecule has 0 spiro atoms. The molecule has 0 aliphatic carbocycles. The molecule has 0 radical (unpaired) electrons. The number of hydrogen-bond donors (Lipinski definition) is 1. The van der Waals surface area contributed by atoms with Crippen molar-refractivity contribution in [1.29, 1.82) is 0 Å². The molecule has 2 aromatic carbocycles. The van der Waals surface area contributed by atoms with Gasteiger partial charge in [-0.1, -0.05) is 12.0 Å². The van der Waals surface area contributed by atoms with Crippen LogP contribution < -0.4 is 20.1 Å². The van der Waals surface area contributed by atoms with Gasteiger partial charge in [0, 0.05) is 35.2 Å². The fourth-order valence-electron chi connectivity index (χ4n) is 8.12. The maximum atomic E-state index is 15.1. The Morgan fingerprint density at radius 3 is 2.83 bits per heavy atom. The summed E-state index contributed by atoms with van der Waals surface area (Å²) in [6.07, 6.45) is 8.02. The van der Waals surface area contributed by atoms with Crippen molar-refractivity contribution in [2.75, 3.05) is 43.5 Å². The molecule has 0 bridgehead atoms. The molecule has 2 aromatic heterocycles. The van der Waals surface area contributed by atoms with E-state index < -0.39 is 23.7 Å². The molecule has 0 saturated carbocycles. The number of ether oxygens (including phenoxy) is 2. The van der Waals surface area contributed by atoms with E-state index in [9.17, 15) is 4.39 Å². The summed E-state index contributed by atoms with van der Waals surface area (Å²) in [5.41, 5.74) is 8.72. The van der Waals surface area contributed by atoms with Gasteiger partial charge in [0.1, 0.15) is 42.6 Å². The number of nitrogens with two attached hydrogens (primary N) is 1. The zero-order chi connectivity index (χ0) is 31.7. The smallest absolute Gasteiger partial charge is 0.319 e. The highest BCUT2D eigenvalue weighted by Gasteiger charge is 2.49. The fraction of sp³-hybridized carbons (Fsp3) is 0.457. The van der Waals surface area contributed by atoms with Crippen molar-refractivity contribution in [3.8, 4) is 35.5 Å². The number of pyridine rings is 1. The van der Waals surface area contributed by atoms with Crippen LogP contribution in [0, 0.1) is 25.1 Å². The summed E-state index contributed by atoms with van der Waals surface area (Å²) in [4.78, 5) is 18.9. The summed E-state index contributed by atoms with van der Waals surface area (Å²) in [5, 5.41) is 1.75. The van der Waals surface area contributed by atoms with Crippen LogP contribution in [-0.2, 0) is 0 Å². The summed E-state index contributed by atoms with van der Waals surface area (Å²) < 4.78 is 57.4. The largest absolute Gasteiger partial charge is 0.475 e. The third-order valence-corrected chi connectivity index (χ3v) is 10.3. The van der Waals surface area contributed by atoms with Gasteiger partial charge in [-0.15, -0.1) is 6.42 Å². The van der Waals surface area contributed by atoms with Crippen molar-refractivity contribution in [3.63, 3.8) is 0 Å². The van der Waals surface area contributed by atoms with E-state index in [4.69, 9.17) is 36.6 Å². The highest BCUT2D eigenvalue weighted by molar-refractivity contribution is 6.06. The Labute approximate surface area is 265 Å². The highest BCUT2D eigenvalue weighted by atomic mass is 19.1. The number of aromatic nitrogens is 3. The summed E-state index contributed by atoms with van der Waals surface area (Å²) in [6, 6.07) is 6.45. The highest BCUT2D eigenvalue weighted by Crippen LogP contribution is 2.45. The lowest BCUT2D eigenvalue weighted by molar-refractivity contribution is 0.107. The predicted octanol–water partition coefficient (Wildman–Crippen LogP) is 5.90. The number of hydrogen-bond acceptors (Lipinski definition) is 8. The Morgan fingerprint density at radius 2 is 1.98 bits per heavy atom. The summed E-state index contributed by atoms with van der Waals surface area (Å²) in [6.45, 7) is 3.80. The van der Waals surface area contributed by atoms with Crippen molar-refractivity contribution < 1.29 is 22.6 Å². The van der Waals surface area contributed by atoms with E-state index in [1.807, 2.05) is 11.8 Å². The zero-order valence-electron chi connectivity index (χ0n) is 25.7. The number of halogens is 3. The van der Waals surface area contributed by atoms with Gasteiger partial charge in [-0.25, -0.2) is 18.2 Å². The number of aryl methyl sites for hydroxylation is 1. The van der Waals surface area contributed by atoms with Gasteiger partial charge in [-0.3, -0.25) is 4.90 Å². The molecule has 4 aliphatic rings. The van der Waals surface area contributed by atoms with Gasteiger partial charge in [0.15, 0.2) is 0 Å². The Hall–Kier alpha value is -4.30. The maximum Gasteiger partial charge on any atom is 0.319 e. The quantitative estimate of drug-likeness (QED) is 0.221. The van der Waals surface area contributed by atoms with E-state index in [1.165, 1.54) is 6.07 Å². The predicted molar refractivity (Wildman–Crippen MR) is 171 cm³/mol. The number of anilines is 2. The van der Waals surface area contributed by atoms with Crippen LogP contribution in [0.15, 0.2) is 24.3 Å². The van der Waals surface area contributed by atoms with Gasteiger partial charge in [-0.05, 0) is 69.2 Å². The Bertz CT molecular complexity index is 1930. The molecule has 8 nitrogen and oxygen atoms in total. The molecule has 0 amide bonds.